The standard InChI is InChI=1S/C17H17N3O4S/c1-10-5-7-25-16(10)12-4-6-19(9-15(12)21)17(22)11-2-3-14-13(8-11)18-24-20(14)23/h2-3,5,7-8,12,15,21H,4,6,9H2,1H3. The minimum atomic E-state index is -0.588. The van der Waals surface area contributed by atoms with Gasteiger partial charge in [-0.05, 0) is 47.4 Å². The van der Waals surface area contributed by atoms with Gasteiger partial charge in [-0.1, -0.05) is 0 Å². The Labute approximate surface area is 147 Å². The highest BCUT2D eigenvalue weighted by atomic mass is 32.1. The van der Waals surface area contributed by atoms with Crippen LogP contribution in [0, 0.1) is 12.1 Å². The lowest BCUT2D eigenvalue weighted by Gasteiger charge is -2.36. The van der Waals surface area contributed by atoms with Crippen molar-refractivity contribution in [1.29, 1.82) is 0 Å². The molecular weight excluding hydrogens is 342 g/mol. The lowest BCUT2D eigenvalue weighted by Crippen LogP contribution is -2.45. The molecule has 3 heterocycles. The van der Waals surface area contributed by atoms with E-state index in [1.54, 1.807) is 22.3 Å². The zero-order valence-corrected chi connectivity index (χ0v) is 14.4. The van der Waals surface area contributed by atoms with Gasteiger partial charge in [0.25, 0.3) is 5.91 Å². The van der Waals surface area contributed by atoms with E-state index < -0.39 is 6.10 Å². The lowest BCUT2D eigenvalue weighted by molar-refractivity contribution is -0.782. The van der Waals surface area contributed by atoms with Crippen molar-refractivity contribution in [3.8, 4) is 0 Å². The quantitative estimate of drug-likeness (QED) is 0.705. The lowest BCUT2D eigenvalue weighted by atomic mass is 9.90. The summed E-state index contributed by atoms with van der Waals surface area (Å²) in [6, 6.07) is 6.69. The molecule has 0 spiro atoms. The summed E-state index contributed by atoms with van der Waals surface area (Å²) in [4.78, 5) is 15.9. The zero-order valence-electron chi connectivity index (χ0n) is 13.6. The van der Waals surface area contributed by atoms with Gasteiger partial charge in [-0.2, -0.15) is 0 Å². The number of carbonyl (C=O) groups excluding carboxylic acids is 1. The molecule has 3 aromatic rings. The van der Waals surface area contributed by atoms with E-state index in [-0.39, 0.29) is 17.3 Å². The summed E-state index contributed by atoms with van der Waals surface area (Å²) < 4.78 is 4.53. The average Bonchev–Trinajstić information content (AvgIpc) is 3.20. The second kappa shape index (κ2) is 6.12. The number of rotatable bonds is 2. The largest absolute Gasteiger partial charge is 0.391 e. The minimum absolute atomic E-state index is 0.0708. The molecule has 0 saturated carbocycles. The topological polar surface area (TPSA) is 93.5 Å². The number of likely N-dealkylation sites (tertiary alicyclic amines) is 1. The molecule has 0 bridgehead atoms. The van der Waals surface area contributed by atoms with Crippen molar-refractivity contribution in [1.82, 2.24) is 10.1 Å². The number of benzene rings is 1. The second-order valence-electron chi connectivity index (χ2n) is 6.32. The fraction of sp³-hybridized carbons (Fsp3) is 0.353. The number of aliphatic hydroxyl groups excluding tert-OH is 1. The maximum absolute atomic E-state index is 12.7. The van der Waals surface area contributed by atoms with Gasteiger partial charge in [0.1, 0.15) is 0 Å². The highest BCUT2D eigenvalue weighted by Crippen LogP contribution is 2.34. The molecule has 0 aliphatic carbocycles. The van der Waals surface area contributed by atoms with Gasteiger partial charge in [-0.3, -0.25) is 9.42 Å². The number of aromatic nitrogens is 2. The number of fused-ring (bicyclic) bond motifs is 1. The van der Waals surface area contributed by atoms with Gasteiger partial charge < -0.3 is 15.2 Å². The van der Waals surface area contributed by atoms with Crippen molar-refractivity contribution in [2.45, 2.75) is 25.4 Å². The van der Waals surface area contributed by atoms with Crippen LogP contribution in [0.4, 0.5) is 0 Å². The first kappa shape index (κ1) is 16.0. The Morgan fingerprint density at radius 3 is 3.04 bits per heavy atom. The summed E-state index contributed by atoms with van der Waals surface area (Å²) >= 11 is 1.66. The molecule has 1 amide bonds. The van der Waals surface area contributed by atoms with Gasteiger partial charge in [-0.25, -0.2) is 0 Å². The summed E-state index contributed by atoms with van der Waals surface area (Å²) in [7, 11) is 0. The number of amides is 1. The molecule has 1 saturated heterocycles. The number of hydrogen-bond donors (Lipinski definition) is 1. The SMILES string of the molecule is Cc1ccsc1C1CCN(C(=O)c2ccc3c(c2)no[n+]3[O-])CC1O. The first-order chi connectivity index (χ1) is 12.0. The van der Waals surface area contributed by atoms with Crippen LogP contribution in [-0.2, 0) is 0 Å². The predicted molar refractivity (Wildman–Crippen MR) is 91.3 cm³/mol. The molecule has 2 atom stereocenters. The highest BCUT2D eigenvalue weighted by molar-refractivity contribution is 7.10. The van der Waals surface area contributed by atoms with E-state index in [1.165, 1.54) is 22.6 Å². The molecule has 1 N–H and O–H groups in total. The van der Waals surface area contributed by atoms with Gasteiger partial charge in [0.2, 0.25) is 11.0 Å². The fourth-order valence-electron chi connectivity index (χ4n) is 3.38. The average molecular weight is 359 g/mol. The van der Waals surface area contributed by atoms with E-state index in [1.807, 2.05) is 12.3 Å². The van der Waals surface area contributed by atoms with Crippen molar-refractivity contribution in [3.63, 3.8) is 0 Å². The molecule has 0 radical (unpaired) electrons. The third-order valence-electron chi connectivity index (χ3n) is 4.74. The molecule has 1 fully saturated rings. The number of thiophene rings is 1. The van der Waals surface area contributed by atoms with E-state index in [2.05, 4.69) is 15.9 Å². The number of carbonyl (C=O) groups is 1. The number of piperidine rings is 1. The Bertz CT molecular complexity index is 935. The van der Waals surface area contributed by atoms with Crippen molar-refractivity contribution in [3.05, 3.63) is 50.9 Å². The van der Waals surface area contributed by atoms with Crippen LogP contribution in [0.5, 0.6) is 0 Å². The van der Waals surface area contributed by atoms with Crippen LogP contribution in [0.1, 0.15) is 33.1 Å². The van der Waals surface area contributed by atoms with Gasteiger partial charge in [-0.15, -0.1) is 11.3 Å². The summed E-state index contributed by atoms with van der Waals surface area (Å²) in [6.45, 7) is 2.92. The third-order valence-corrected chi connectivity index (χ3v) is 5.89. The first-order valence-electron chi connectivity index (χ1n) is 8.05. The number of hydrogen-bond acceptors (Lipinski definition) is 6. The van der Waals surface area contributed by atoms with Crippen molar-refractivity contribution in [2.24, 2.45) is 0 Å². The molecule has 1 aliphatic rings. The Kier molecular flexibility index (Phi) is 3.93. The van der Waals surface area contributed by atoms with E-state index >= 15 is 0 Å². The molecule has 4 rings (SSSR count). The van der Waals surface area contributed by atoms with Crippen LogP contribution < -0.4 is 4.90 Å². The van der Waals surface area contributed by atoms with Gasteiger partial charge >= 0.3 is 0 Å². The van der Waals surface area contributed by atoms with E-state index in [9.17, 15) is 15.1 Å². The number of aryl methyl sites for hydroxylation is 1. The molecule has 130 valence electrons. The van der Waals surface area contributed by atoms with Crippen LogP contribution in [0.15, 0.2) is 34.3 Å². The monoisotopic (exact) mass is 359 g/mol. The van der Waals surface area contributed by atoms with Gasteiger partial charge in [0, 0.05) is 40.7 Å². The number of β-amino-alcohol motifs (C(OH)–C–C–N with tert-alkyl or cyclic N) is 1. The number of nitrogens with zero attached hydrogens (tertiary/aromatic N) is 3. The Morgan fingerprint density at radius 2 is 2.32 bits per heavy atom. The normalized spacial score (nSPS) is 21.0. The molecule has 25 heavy (non-hydrogen) atoms. The fourth-order valence-corrected chi connectivity index (χ4v) is 4.50. The molecule has 7 nitrogen and oxygen atoms in total. The predicted octanol–water partition coefficient (Wildman–Crippen LogP) is 1.82. The van der Waals surface area contributed by atoms with Gasteiger partial charge in [0.05, 0.1) is 6.10 Å². The molecule has 1 aliphatic heterocycles. The molecule has 8 heteroatoms. The molecular formula is C17H17N3O4S. The maximum Gasteiger partial charge on any atom is 0.254 e. The Balaban J connectivity index is 1.52. The van der Waals surface area contributed by atoms with Crippen LogP contribution in [0.3, 0.4) is 0 Å². The second-order valence-corrected chi connectivity index (χ2v) is 7.26. The van der Waals surface area contributed by atoms with E-state index in [0.29, 0.717) is 29.1 Å². The summed E-state index contributed by atoms with van der Waals surface area (Å²) in [6.07, 6.45) is 0.135. The third kappa shape index (κ3) is 2.77. The van der Waals surface area contributed by atoms with Crippen LogP contribution in [0.25, 0.3) is 11.0 Å². The van der Waals surface area contributed by atoms with Crippen LogP contribution in [0.2, 0.25) is 0 Å². The highest BCUT2D eigenvalue weighted by Gasteiger charge is 2.33. The van der Waals surface area contributed by atoms with Crippen molar-refractivity contribution in [2.75, 3.05) is 13.1 Å². The molecule has 2 unspecified atom stereocenters. The summed E-state index contributed by atoms with van der Waals surface area (Å²) in [5.41, 5.74) is 2.24. The summed E-state index contributed by atoms with van der Waals surface area (Å²) in [5.74, 6) is -0.107. The first-order valence-corrected chi connectivity index (χ1v) is 8.93. The number of aliphatic hydroxyl groups is 1. The van der Waals surface area contributed by atoms with Crippen molar-refractivity contribution >= 4 is 28.3 Å². The van der Waals surface area contributed by atoms with Crippen molar-refractivity contribution < 1.29 is 19.4 Å². The maximum atomic E-state index is 12.7. The van der Waals surface area contributed by atoms with Crippen LogP contribution in [-0.4, -0.2) is 40.3 Å². The van der Waals surface area contributed by atoms with E-state index in [4.69, 9.17) is 0 Å². The van der Waals surface area contributed by atoms with E-state index in [0.717, 1.165) is 6.42 Å². The molecule has 2 aromatic heterocycles. The van der Waals surface area contributed by atoms with Crippen LogP contribution >= 0.6 is 11.3 Å². The Morgan fingerprint density at radius 1 is 1.48 bits per heavy atom. The van der Waals surface area contributed by atoms with Gasteiger partial charge in [0.15, 0.2) is 0 Å². The minimum Gasteiger partial charge on any atom is -0.391 e. The zero-order chi connectivity index (χ0) is 17.6. The summed E-state index contributed by atoms with van der Waals surface area (Å²) in [5, 5.41) is 27.6. The smallest absolute Gasteiger partial charge is 0.254 e. The Hall–Kier alpha value is -2.45. The molecule has 1 aromatic carbocycles.